The van der Waals surface area contributed by atoms with Crippen molar-refractivity contribution in [1.29, 1.82) is 0 Å². The minimum absolute atomic E-state index is 0.0346. The van der Waals surface area contributed by atoms with E-state index in [0.29, 0.717) is 18.7 Å². The molecule has 0 saturated carbocycles. The fourth-order valence-corrected chi connectivity index (χ4v) is 4.27. The van der Waals surface area contributed by atoms with Crippen LogP contribution < -0.4 is 5.32 Å². The predicted molar refractivity (Wildman–Crippen MR) is 123 cm³/mol. The number of carbonyl (C=O) groups excluding carboxylic acids is 1. The molecule has 8 nitrogen and oxygen atoms in total. The molecule has 2 amide bonds. The Morgan fingerprint density at radius 2 is 2.09 bits per heavy atom. The first-order valence-electron chi connectivity index (χ1n) is 10.9. The molecule has 32 heavy (non-hydrogen) atoms. The van der Waals surface area contributed by atoms with E-state index in [-0.39, 0.29) is 12.1 Å². The van der Waals surface area contributed by atoms with Gasteiger partial charge in [0.15, 0.2) is 5.65 Å². The van der Waals surface area contributed by atoms with Gasteiger partial charge in [-0.1, -0.05) is 29.8 Å². The van der Waals surface area contributed by atoms with Gasteiger partial charge in [0.2, 0.25) is 0 Å². The summed E-state index contributed by atoms with van der Waals surface area (Å²) in [5.74, 6) is 0. The number of anilines is 1. The fraction of sp³-hybridized carbons (Fsp3) is 0.333. The van der Waals surface area contributed by atoms with E-state index in [2.05, 4.69) is 39.9 Å². The zero-order chi connectivity index (χ0) is 22.1. The Balaban J connectivity index is 1.50. The van der Waals surface area contributed by atoms with Crippen LogP contribution in [0.2, 0.25) is 0 Å². The molecule has 1 atom stereocenters. The largest absolute Gasteiger partial charge is 0.376 e. The summed E-state index contributed by atoms with van der Waals surface area (Å²) < 4.78 is 7.58. The molecule has 1 N–H and O–H groups in total. The molecule has 0 bridgehead atoms. The van der Waals surface area contributed by atoms with Gasteiger partial charge in [-0.3, -0.25) is 0 Å². The highest BCUT2D eigenvalue weighted by Crippen LogP contribution is 2.23. The second-order valence-electron chi connectivity index (χ2n) is 8.41. The Kier molecular flexibility index (Phi) is 5.45. The van der Waals surface area contributed by atoms with Gasteiger partial charge in [0, 0.05) is 29.8 Å². The van der Waals surface area contributed by atoms with E-state index < -0.39 is 0 Å². The van der Waals surface area contributed by atoms with Gasteiger partial charge in [0.25, 0.3) is 0 Å². The van der Waals surface area contributed by atoms with Crippen molar-refractivity contribution in [2.45, 2.75) is 39.3 Å². The number of para-hydroxylation sites is 1. The Morgan fingerprint density at radius 1 is 1.22 bits per heavy atom. The lowest BCUT2D eigenvalue weighted by atomic mass is 10.1. The van der Waals surface area contributed by atoms with E-state index in [1.54, 1.807) is 9.42 Å². The molecular formula is C24H26N6O2. The monoisotopic (exact) mass is 430 g/mol. The zero-order valence-electron chi connectivity index (χ0n) is 18.3. The summed E-state index contributed by atoms with van der Waals surface area (Å²) >= 11 is 0. The van der Waals surface area contributed by atoms with Crippen molar-refractivity contribution >= 4 is 28.3 Å². The number of hydrogen-bond donors (Lipinski definition) is 1. The van der Waals surface area contributed by atoms with Crippen LogP contribution in [0.15, 0.2) is 48.5 Å². The summed E-state index contributed by atoms with van der Waals surface area (Å²) in [7, 11) is 0. The average Bonchev–Trinajstić information content (AvgIpc) is 3.47. The smallest absolute Gasteiger partial charge is 0.322 e. The maximum atomic E-state index is 13.3. The third kappa shape index (κ3) is 4.01. The van der Waals surface area contributed by atoms with Gasteiger partial charge in [-0.15, -0.1) is 5.10 Å². The van der Waals surface area contributed by atoms with Gasteiger partial charge >= 0.3 is 6.03 Å². The molecule has 5 rings (SSSR count). The number of urea groups is 1. The van der Waals surface area contributed by atoms with Crippen LogP contribution in [-0.4, -0.2) is 50.2 Å². The maximum absolute atomic E-state index is 13.3. The summed E-state index contributed by atoms with van der Waals surface area (Å²) in [5.41, 5.74) is 5.47. The third-order valence-corrected chi connectivity index (χ3v) is 5.98. The normalized spacial score (nSPS) is 16.0. The van der Waals surface area contributed by atoms with Gasteiger partial charge in [-0.2, -0.15) is 4.52 Å². The van der Waals surface area contributed by atoms with Gasteiger partial charge < -0.3 is 15.0 Å². The first-order chi connectivity index (χ1) is 15.6. The molecule has 4 aromatic rings. The van der Waals surface area contributed by atoms with E-state index in [1.807, 2.05) is 43.3 Å². The molecular weight excluding hydrogens is 404 g/mol. The highest BCUT2D eigenvalue weighted by molar-refractivity contribution is 5.90. The Hall–Kier alpha value is -3.52. The first kappa shape index (κ1) is 20.4. The lowest BCUT2D eigenvalue weighted by Gasteiger charge is -2.26. The standard InChI is InChI=1S/C24H26N6O2/c1-16-9-10-22-18(12-16)13-19(23-26-27-28-30(22)23)14-29(15-20-7-5-11-32-20)24(31)25-21-8-4-3-6-17(21)2/h3-4,6,8-10,12-13,20H,5,7,11,14-15H2,1-2H3,(H,25,31). The van der Waals surface area contributed by atoms with E-state index in [9.17, 15) is 4.79 Å². The summed E-state index contributed by atoms with van der Waals surface area (Å²) in [6.07, 6.45) is 2.01. The van der Waals surface area contributed by atoms with Gasteiger partial charge in [-0.25, -0.2) is 4.79 Å². The summed E-state index contributed by atoms with van der Waals surface area (Å²) in [6, 6.07) is 15.9. The number of fused-ring (bicyclic) bond motifs is 3. The van der Waals surface area contributed by atoms with E-state index in [0.717, 1.165) is 52.7 Å². The minimum Gasteiger partial charge on any atom is -0.376 e. The predicted octanol–water partition coefficient (Wildman–Crippen LogP) is 4.11. The summed E-state index contributed by atoms with van der Waals surface area (Å²) in [5, 5.41) is 16.4. The number of amides is 2. The van der Waals surface area contributed by atoms with Crippen molar-refractivity contribution < 1.29 is 9.53 Å². The van der Waals surface area contributed by atoms with Gasteiger partial charge in [-0.05, 0) is 66.9 Å². The lowest BCUT2D eigenvalue weighted by molar-refractivity contribution is 0.0820. The molecule has 0 radical (unpaired) electrons. The third-order valence-electron chi connectivity index (χ3n) is 5.98. The van der Waals surface area contributed by atoms with Crippen molar-refractivity contribution in [2.24, 2.45) is 0 Å². The number of ether oxygens (including phenoxy) is 1. The average molecular weight is 431 g/mol. The number of hydrogen-bond acceptors (Lipinski definition) is 5. The topological polar surface area (TPSA) is 84.6 Å². The van der Waals surface area contributed by atoms with Crippen LogP contribution in [0.3, 0.4) is 0 Å². The molecule has 1 unspecified atom stereocenters. The van der Waals surface area contributed by atoms with Crippen LogP contribution in [0.25, 0.3) is 16.6 Å². The minimum atomic E-state index is -0.162. The van der Waals surface area contributed by atoms with Crippen LogP contribution in [0.1, 0.15) is 29.5 Å². The van der Waals surface area contributed by atoms with Crippen LogP contribution in [-0.2, 0) is 11.3 Å². The number of pyridine rings is 1. The van der Waals surface area contributed by atoms with E-state index in [1.165, 1.54) is 0 Å². The second kappa shape index (κ2) is 8.55. The van der Waals surface area contributed by atoms with Crippen LogP contribution in [0.4, 0.5) is 10.5 Å². The maximum Gasteiger partial charge on any atom is 0.322 e. The van der Waals surface area contributed by atoms with Gasteiger partial charge in [0.1, 0.15) is 0 Å². The highest BCUT2D eigenvalue weighted by Gasteiger charge is 2.24. The molecule has 2 aromatic heterocycles. The molecule has 1 fully saturated rings. The number of benzene rings is 2. The summed E-state index contributed by atoms with van der Waals surface area (Å²) in [6.45, 7) is 5.67. The van der Waals surface area contributed by atoms with E-state index in [4.69, 9.17) is 4.74 Å². The molecule has 3 heterocycles. The number of nitrogens with zero attached hydrogens (tertiary/aromatic N) is 5. The molecule has 164 valence electrons. The number of carbonyl (C=O) groups is 1. The number of tetrazole rings is 1. The molecule has 0 spiro atoms. The molecule has 1 saturated heterocycles. The van der Waals surface area contributed by atoms with Crippen molar-refractivity contribution in [3.05, 3.63) is 65.2 Å². The van der Waals surface area contributed by atoms with Crippen LogP contribution in [0.5, 0.6) is 0 Å². The molecule has 2 aromatic carbocycles. The summed E-state index contributed by atoms with van der Waals surface area (Å²) in [4.78, 5) is 15.1. The number of aromatic nitrogens is 4. The first-order valence-corrected chi connectivity index (χ1v) is 10.9. The second-order valence-corrected chi connectivity index (χ2v) is 8.41. The van der Waals surface area contributed by atoms with Crippen molar-refractivity contribution in [3.8, 4) is 0 Å². The van der Waals surface area contributed by atoms with Crippen molar-refractivity contribution in [3.63, 3.8) is 0 Å². The van der Waals surface area contributed by atoms with E-state index >= 15 is 0 Å². The number of aryl methyl sites for hydroxylation is 2. The fourth-order valence-electron chi connectivity index (χ4n) is 4.27. The highest BCUT2D eigenvalue weighted by atomic mass is 16.5. The molecule has 1 aliphatic heterocycles. The van der Waals surface area contributed by atoms with Crippen molar-refractivity contribution in [2.75, 3.05) is 18.5 Å². The molecule has 8 heteroatoms. The Morgan fingerprint density at radius 3 is 2.91 bits per heavy atom. The lowest BCUT2D eigenvalue weighted by Crippen LogP contribution is -2.40. The van der Waals surface area contributed by atoms with Crippen LogP contribution in [0, 0.1) is 13.8 Å². The molecule has 0 aliphatic carbocycles. The Labute approximate surface area is 186 Å². The van der Waals surface area contributed by atoms with Crippen LogP contribution >= 0.6 is 0 Å². The quantitative estimate of drug-likeness (QED) is 0.515. The zero-order valence-corrected chi connectivity index (χ0v) is 18.3. The van der Waals surface area contributed by atoms with Gasteiger partial charge in [0.05, 0.1) is 18.2 Å². The SMILES string of the molecule is Cc1ccc2c(c1)cc(CN(CC1CCCO1)C(=O)Nc1ccccc1C)c1nnnn12. The number of nitrogens with one attached hydrogen (secondary N) is 1. The van der Waals surface area contributed by atoms with Crippen molar-refractivity contribution in [1.82, 2.24) is 24.9 Å². The Bertz CT molecular complexity index is 1280. The number of rotatable bonds is 5. The molecule has 1 aliphatic rings.